The summed E-state index contributed by atoms with van der Waals surface area (Å²) in [7, 11) is 0. The number of aromatic nitrogens is 2. The average Bonchev–Trinajstić information content (AvgIpc) is 3.08. The van der Waals surface area contributed by atoms with Crippen molar-refractivity contribution in [3.63, 3.8) is 0 Å². The molecule has 0 bridgehead atoms. The third-order valence-electron chi connectivity index (χ3n) is 2.98. The lowest BCUT2D eigenvalue weighted by atomic mass is 10.1. The third kappa shape index (κ3) is 2.77. The fraction of sp³-hybridized carbons (Fsp3) is 0.500. The molecular formula is C12H15N3O2S. The van der Waals surface area contributed by atoms with Gasteiger partial charge in [0.2, 0.25) is 5.82 Å². The molecule has 6 heteroatoms. The van der Waals surface area contributed by atoms with Crippen LogP contribution in [0.4, 0.5) is 0 Å². The zero-order chi connectivity index (χ0) is 12.2. The smallest absolute Gasteiger partial charge is 0.252 e. The maximum atomic E-state index is 5.77. The van der Waals surface area contributed by atoms with E-state index >= 15 is 0 Å². The van der Waals surface area contributed by atoms with Gasteiger partial charge in [0.1, 0.15) is 6.61 Å². The summed E-state index contributed by atoms with van der Waals surface area (Å²) >= 11 is 1.62. The highest BCUT2D eigenvalue weighted by molar-refractivity contribution is 7.08. The monoisotopic (exact) mass is 265 g/mol. The van der Waals surface area contributed by atoms with Crippen LogP contribution < -0.4 is 5.32 Å². The molecular weight excluding hydrogens is 250 g/mol. The van der Waals surface area contributed by atoms with Crippen LogP contribution in [-0.4, -0.2) is 29.3 Å². The number of ether oxygens (including phenoxy) is 1. The predicted octanol–water partition coefficient (Wildman–Crippen LogP) is 2.07. The van der Waals surface area contributed by atoms with Crippen LogP contribution in [0.25, 0.3) is 11.4 Å². The largest absolute Gasteiger partial charge is 0.368 e. The van der Waals surface area contributed by atoms with Crippen molar-refractivity contribution < 1.29 is 9.26 Å². The number of nitrogens with one attached hydrogen (secondary N) is 1. The Labute approximate surface area is 109 Å². The Hall–Kier alpha value is -1.24. The molecule has 5 nitrogen and oxygen atoms in total. The number of piperidine rings is 1. The molecule has 0 unspecified atom stereocenters. The summed E-state index contributed by atoms with van der Waals surface area (Å²) in [5, 5.41) is 11.3. The molecule has 3 heterocycles. The van der Waals surface area contributed by atoms with Gasteiger partial charge in [-0.1, -0.05) is 5.16 Å². The van der Waals surface area contributed by atoms with Crippen LogP contribution in [0.2, 0.25) is 0 Å². The van der Waals surface area contributed by atoms with E-state index in [1.807, 2.05) is 16.8 Å². The van der Waals surface area contributed by atoms with Crippen molar-refractivity contribution in [1.29, 1.82) is 0 Å². The molecule has 1 aliphatic heterocycles. The van der Waals surface area contributed by atoms with Crippen LogP contribution in [0.3, 0.4) is 0 Å². The highest BCUT2D eigenvalue weighted by Gasteiger charge is 2.15. The van der Waals surface area contributed by atoms with E-state index in [0.717, 1.165) is 31.5 Å². The topological polar surface area (TPSA) is 60.2 Å². The van der Waals surface area contributed by atoms with Crippen LogP contribution in [0.5, 0.6) is 0 Å². The maximum Gasteiger partial charge on any atom is 0.252 e. The summed E-state index contributed by atoms with van der Waals surface area (Å²) in [6.07, 6.45) is 2.40. The van der Waals surface area contributed by atoms with Crippen molar-refractivity contribution in [2.24, 2.45) is 0 Å². The van der Waals surface area contributed by atoms with Crippen LogP contribution in [-0.2, 0) is 11.3 Å². The fourth-order valence-electron chi connectivity index (χ4n) is 1.97. The Morgan fingerprint density at radius 2 is 2.33 bits per heavy atom. The van der Waals surface area contributed by atoms with E-state index in [-0.39, 0.29) is 0 Å². The second-order valence-corrected chi connectivity index (χ2v) is 5.06. The van der Waals surface area contributed by atoms with E-state index < -0.39 is 0 Å². The van der Waals surface area contributed by atoms with Crippen molar-refractivity contribution >= 4 is 11.3 Å². The van der Waals surface area contributed by atoms with E-state index in [1.54, 1.807) is 11.3 Å². The van der Waals surface area contributed by atoms with E-state index in [9.17, 15) is 0 Å². The fourth-order valence-corrected chi connectivity index (χ4v) is 2.61. The molecule has 1 fully saturated rings. The van der Waals surface area contributed by atoms with Gasteiger partial charge in [-0.15, -0.1) is 0 Å². The number of nitrogens with zero attached hydrogens (tertiary/aromatic N) is 2. The highest BCUT2D eigenvalue weighted by atomic mass is 32.1. The summed E-state index contributed by atoms with van der Waals surface area (Å²) in [6.45, 7) is 2.45. The summed E-state index contributed by atoms with van der Waals surface area (Å²) < 4.78 is 10.9. The van der Waals surface area contributed by atoms with E-state index in [4.69, 9.17) is 9.26 Å². The molecule has 0 aliphatic carbocycles. The van der Waals surface area contributed by atoms with E-state index in [2.05, 4.69) is 15.5 Å². The first-order valence-electron chi connectivity index (χ1n) is 6.09. The van der Waals surface area contributed by atoms with Gasteiger partial charge in [0.25, 0.3) is 5.89 Å². The van der Waals surface area contributed by atoms with Gasteiger partial charge in [0.05, 0.1) is 6.10 Å². The lowest BCUT2D eigenvalue weighted by Gasteiger charge is -2.21. The first kappa shape index (κ1) is 11.8. The van der Waals surface area contributed by atoms with Gasteiger partial charge in [-0.25, -0.2) is 0 Å². The van der Waals surface area contributed by atoms with Gasteiger partial charge in [-0.05, 0) is 37.4 Å². The maximum absolute atomic E-state index is 5.77. The molecule has 2 aromatic rings. The molecule has 3 rings (SSSR count). The molecule has 0 aromatic carbocycles. The normalized spacial score (nSPS) is 17.1. The molecule has 0 atom stereocenters. The van der Waals surface area contributed by atoms with Gasteiger partial charge in [-0.2, -0.15) is 16.3 Å². The molecule has 1 N–H and O–H groups in total. The molecule has 2 aromatic heterocycles. The molecule has 0 saturated carbocycles. The van der Waals surface area contributed by atoms with Crippen LogP contribution >= 0.6 is 11.3 Å². The molecule has 96 valence electrons. The van der Waals surface area contributed by atoms with Gasteiger partial charge >= 0.3 is 0 Å². The minimum absolute atomic E-state index is 0.308. The lowest BCUT2D eigenvalue weighted by molar-refractivity contribution is 0.00859. The SMILES string of the molecule is c1cc(-c2noc(COC3CCNCC3)n2)cs1. The van der Waals surface area contributed by atoms with Gasteiger partial charge in [-0.3, -0.25) is 0 Å². The Morgan fingerprint density at radius 3 is 3.11 bits per heavy atom. The summed E-state index contributed by atoms with van der Waals surface area (Å²) in [6, 6.07) is 1.98. The zero-order valence-electron chi connectivity index (χ0n) is 9.96. The molecule has 0 amide bonds. The number of hydrogen-bond donors (Lipinski definition) is 1. The summed E-state index contributed by atoms with van der Waals surface area (Å²) in [4.78, 5) is 4.33. The van der Waals surface area contributed by atoms with Gasteiger partial charge in [0, 0.05) is 10.9 Å². The Bertz CT molecular complexity index is 477. The van der Waals surface area contributed by atoms with Crippen molar-refractivity contribution in [1.82, 2.24) is 15.5 Å². The highest BCUT2D eigenvalue weighted by Crippen LogP contribution is 2.19. The van der Waals surface area contributed by atoms with Gasteiger partial charge < -0.3 is 14.6 Å². The zero-order valence-corrected chi connectivity index (χ0v) is 10.8. The van der Waals surface area contributed by atoms with Crippen molar-refractivity contribution in [3.8, 4) is 11.4 Å². The van der Waals surface area contributed by atoms with Crippen LogP contribution in [0, 0.1) is 0 Å². The van der Waals surface area contributed by atoms with E-state index in [0.29, 0.717) is 24.4 Å². The van der Waals surface area contributed by atoms with Crippen molar-refractivity contribution in [2.45, 2.75) is 25.6 Å². The van der Waals surface area contributed by atoms with Gasteiger partial charge in [0.15, 0.2) is 0 Å². The number of thiophene rings is 1. The molecule has 1 aliphatic rings. The van der Waals surface area contributed by atoms with Crippen LogP contribution in [0.1, 0.15) is 18.7 Å². The molecule has 18 heavy (non-hydrogen) atoms. The first-order chi connectivity index (χ1) is 8.92. The molecule has 1 saturated heterocycles. The minimum atomic E-state index is 0.308. The van der Waals surface area contributed by atoms with Crippen LogP contribution in [0.15, 0.2) is 21.3 Å². The second kappa shape index (κ2) is 5.60. The van der Waals surface area contributed by atoms with Crippen molar-refractivity contribution in [3.05, 3.63) is 22.7 Å². The summed E-state index contributed by atoms with van der Waals surface area (Å²) in [5.74, 6) is 1.19. The Morgan fingerprint density at radius 1 is 1.44 bits per heavy atom. The Kier molecular flexibility index (Phi) is 3.68. The minimum Gasteiger partial charge on any atom is -0.368 e. The van der Waals surface area contributed by atoms with Crippen molar-refractivity contribution in [2.75, 3.05) is 13.1 Å². The lowest BCUT2D eigenvalue weighted by Crippen LogP contribution is -2.32. The average molecular weight is 265 g/mol. The number of rotatable bonds is 4. The summed E-state index contributed by atoms with van der Waals surface area (Å²) in [5.41, 5.74) is 0.997. The standard InChI is InChI=1S/C12H15N3O2S/c1-4-13-5-2-10(1)16-7-11-14-12(15-17-11)9-3-6-18-8-9/h3,6,8,10,13H,1-2,4-5,7H2. The predicted molar refractivity (Wildman–Crippen MR) is 68.3 cm³/mol. The Balaban J connectivity index is 1.57. The first-order valence-corrected chi connectivity index (χ1v) is 7.03. The second-order valence-electron chi connectivity index (χ2n) is 4.28. The quantitative estimate of drug-likeness (QED) is 0.917. The molecule has 0 radical (unpaired) electrons. The van der Waals surface area contributed by atoms with E-state index in [1.165, 1.54) is 0 Å². The number of hydrogen-bond acceptors (Lipinski definition) is 6. The molecule has 0 spiro atoms. The third-order valence-corrected chi connectivity index (χ3v) is 3.66.